The molecule has 8 nitrogen and oxygen atoms in total. The fourth-order valence-electron chi connectivity index (χ4n) is 2.90. The van der Waals surface area contributed by atoms with E-state index in [2.05, 4.69) is 20.1 Å². The zero-order valence-electron chi connectivity index (χ0n) is 13.2. The fraction of sp³-hybridized carbons (Fsp3) is 0.400. The molecule has 0 spiro atoms. The first-order chi connectivity index (χ1) is 11.6. The van der Waals surface area contributed by atoms with E-state index in [0.29, 0.717) is 6.54 Å². The highest BCUT2D eigenvalue weighted by atomic mass is 32.1. The van der Waals surface area contributed by atoms with Gasteiger partial charge in [-0.3, -0.25) is 14.7 Å². The van der Waals surface area contributed by atoms with Crippen LogP contribution in [0.3, 0.4) is 0 Å². The number of nitrogens with one attached hydrogen (secondary N) is 1. The van der Waals surface area contributed by atoms with Crippen LogP contribution in [0.15, 0.2) is 17.3 Å². The lowest BCUT2D eigenvalue weighted by atomic mass is 10.0. The highest BCUT2D eigenvalue weighted by Gasteiger charge is 2.21. The Morgan fingerprint density at radius 1 is 1.38 bits per heavy atom. The standard InChI is InChI=1S/C15H16N6O2S/c1-20(7-12-19-10-4-2-3-5-11(10)24-12)13(22)9-6-16-15-17-8-18-21(15)14(9)23/h6,8H,2-5,7H2,1H3,(H,16,17,18). The summed E-state index contributed by atoms with van der Waals surface area (Å²) in [6, 6.07) is 0. The van der Waals surface area contributed by atoms with Gasteiger partial charge >= 0.3 is 0 Å². The molecule has 0 atom stereocenters. The third kappa shape index (κ3) is 2.50. The maximum atomic E-state index is 12.6. The molecule has 1 aliphatic rings. The second-order valence-electron chi connectivity index (χ2n) is 5.85. The normalized spacial score (nSPS) is 13.9. The summed E-state index contributed by atoms with van der Waals surface area (Å²) < 4.78 is 1.16. The quantitative estimate of drug-likeness (QED) is 0.765. The molecule has 1 amide bonds. The van der Waals surface area contributed by atoms with Crippen LogP contribution in [0.2, 0.25) is 0 Å². The van der Waals surface area contributed by atoms with Crippen LogP contribution >= 0.6 is 11.3 Å². The summed E-state index contributed by atoms with van der Waals surface area (Å²) in [6.45, 7) is 0.390. The van der Waals surface area contributed by atoms with E-state index in [4.69, 9.17) is 0 Å². The molecule has 1 N–H and O–H groups in total. The van der Waals surface area contributed by atoms with Crippen LogP contribution in [0.4, 0.5) is 0 Å². The van der Waals surface area contributed by atoms with Gasteiger partial charge in [0.05, 0.1) is 12.2 Å². The molecule has 0 aromatic carbocycles. The predicted octanol–water partition coefficient (Wildman–Crippen LogP) is 1.03. The molecule has 0 bridgehead atoms. The first-order valence-electron chi connectivity index (χ1n) is 7.77. The number of carbonyl (C=O) groups excluding carboxylic acids is 1. The lowest BCUT2D eigenvalue weighted by Gasteiger charge is -2.14. The number of amides is 1. The molecular formula is C15H16N6O2S. The molecule has 9 heteroatoms. The Balaban J connectivity index is 1.58. The Morgan fingerprint density at radius 2 is 2.21 bits per heavy atom. The van der Waals surface area contributed by atoms with Crippen molar-refractivity contribution < 1.29 is 4.79 Å². The molecule has 3 heterocycles. The summed E-state index contributed by atoms with van der Waals surface area (Å²) in [6.07, 6.45) is 7.12. The van der Waals surface area contributed by atoms with Gasteiger partial charge < -0.3 is 4.90 Å². The fourth-order valence-corrected chi connectivity index (χ4v) is 4.11. The molecule has 0 radical (unpaired) electrons. The highest BCUT2D eigenvalue weighted by molar-refractivity contribution is 7.11. The van der Waals surface area contributed by atoms with Crippen molar-refractivity contribution in [2.75, 3.05) is 7.05 Å². The number of carbonyl (C=O) groups is 1. The van der Waals surface area contributed by atoms with Crippen LogP contribution in [0, 0.1) is 0 Å². The molecule has 0 unspecified atom stereocenters. The number of H-pyrrole nitrogens is 1. The van der Waals surface area contributed by atoms with Crippen molar-refractivity contribution in [3.63, 3.8) is 0 Å². The molecule has 1 aliphatic carbocycles. The van der Waals surface area contributed by atoms with E-state index in [1.54, 1.807) is 18.4 Å². The minimum Gasteiger partial charge on any atom is -0.335 e. The van der Waals surface area contributed by atoms with Gasteiger partial charge in [-0.2, -0.15) is 4.52 Å². The van der Waals surface area contributed by atoms with Gasteiger partial charge in [0, 0.05) is 18.1 Å². The lowest BCUT2D eigenvalue weighted by molar-refractivity contribution is 0.0782. The van der Waals surface area contributed by atoms with E-state index in [-0.39, 0.29) is 17.2 Å². The first-order valence-corrected chi connectivity index (χ1v) is 8.59. The lowest BCUT2D eigenvalue weighted by Crippen LogP contribution is -2.33. The maximum absolute atomic E-state index is 12.6. The summed E-state index contributed by atoms with van der Waals surface area (Å²) in [7, 11) is 1.67. The molecule has 3 aromatic rings. The predicted molar refractivity (Wildman–Crippen MR) is 88.2 cm³/mol. The molecule has 0 fully saturated rings. The van der Waals surface area contributed by atoms with E-state index < -0.39 is 5.56 Å². The zero-order valence-corrected chi connectivity index (χ0v) is 14.0. The topological polar surface area (TPSA) is 96.2 Å². The van der Waals surface area contributed by atoms with Gasteiger partial charge in [-0.05, 0) is 25.7 Å². The Hall–Kier alpha value is -2.55. The van der Waals surface area contributed by atoms with Gasteiger partial charge in [0.2, 0.25) is 0 Å². The summed E-state index contributed by atoms with van der Waals surface area (Å²) in [5, 5.41) is 3.56. The van der Waals surface area contributed by atoms with Gasteiger partial charge in [0.25, 0.3) is 17.2 Å². The van der Waals surface area contributed by atoms with Crippen LogP contribution < -0.4 is 5.56 Å². The number of aromatic nitrogens is 5. The van der Waals surface area contributed by atoms with Crippen LogP contribution in [0.1, 0.15) is 38.8 Å². The molecule has 124 valence electrons. The number of aromatic amines is 1. The van der Waals surface area contributed by atoms with Crippen molar-refractivity contribution in [3.05, 3.63) is 44.0 Å². The molecule has 24 heavy (non-hydrogen) atoms. The zero-order chi connectivity index (χ0) is 16.7. The van der Waals surface area contributed by atoms with Crippen molar-refractivity contribution in [2.45, 2.75) is 32.2 Å². The number of nitrogens with zero attached hydrogens (tertiary/aromatic N) is 5. The average Bonchev–Trinajstić information content (AvgIpc) is 3.20. The molecule has 0 aliphatic heterocycles. The minimum atomic E-state index is -0.451. The van der Waals surface area contributed by atoms with Crippen molar-refractivity contribution in [2.24, 2.45) is 0 Å². The number of thiazole rings is 1. The van der Waals surface area contributed by atoms with Crippen molar-refractivity contribution >= 4 is 23.0 Å². The molecular weight excluding hydrogens is 328 g/mol. The van der Waals surface area contributed by atoms with E-state index in [1.165, 1.54) is 40.8 Å². The largest absolute Gasteiger partial charge is 0.335 e. The Labute approximate surface area is 141 Å². The summed E-state index contributed by atoms with van der Waals surface area (Å²) in [5.41, 5.74) is 0.732. The number of aryl methyl sites for hydroxylation is 2. The second kappa shape index (κ2) is 5.82. The van der Waals surface area contributed by atoms with E-state index >= 15 is 0 Å². The number of hydrogen-bond acceptors (Lipinski definition) is 6. The number of rotatable bonds is 3. The van der Waals surface area contributed by atoms with Crippen molar-refractivity contribution in [3.8, 4) is 0 Å². The SMILES string of the molecule is CN(Cc1nc2c(s1)CCCC2)C(=O)c1cnc2nc[nH]n2c1=O. The molecule has 3 aromatic heterocycles. The van der Waals surface area contributed by atoms with E-state index in [0.717, 1.165) is 22.4 Å². The average molecular weight is 344 g/mol. The van der Waals surface area contributed by atoms with Crippen LogP contribution in [-0.4, -0.2) is 42.4 Å². The van der Waals surface area contributed by atoms with Crippen LogP contribution in [0.5, 0.6) is 0 Å². The highest BCUT2D eigenvalue weighted by Crippen LogP contribution is 2.27. The van der Waals surface area contributed by atoms with Gasteiger partial charge in [-0.1, -0.05) is 0 Å². The van der Waals surface area contributed by atoms with Gasteiger partial charge in [-0.25, -0.2) is 15.0 Å². The van der Waals surface area contributed by atoms with Crippen LogP contribution in [0.25, 0.3) is 5.78 Å². The number of fused-ring (bicyclic) bond motifs is 2. The van der Waals surface area contributed by atoms with Crippen molar-refractivity contribution in [1.82, 2.24) is 29.5 Å². The summed E-state index contributed by atoms with van der Waals surface area (Å²) in [4.78, 5) is 40.3. The Bertz CT molecular complexity index is 948. The van der Waals surface area contributed by atoms with Gasteiger partial charge in [-0.15, -0.1) is 11.3 Å². The summed E-state index contributed by atoms with van der Waals surface area (Å²) >= 11 is 1.66. The van der Waals surface area contributed by atoms with E-state index in [1.807, 2.05) is 0 Å². The minimum absolute atomic E-state index is 0.0144. The molecule has 0 saturated carbocycles. The molecule has 0 saturated heterocycles. The second-order valence-corrected chi connectivity index (χ2v) is 7.01. The van der Waals surface area contributed by atoms with E-state index in [9.17, 15) is 9.59 Å². The Kier molecular flexibility index (Phi) is 3.64. The first kappa shape index (κ1) is 15.0. The summed E-state index contributed by atoms with van der Waals surface area (Å²) in [5.74, 6) is -0.128. The maximum Gasteiger partial charge on any atom is 0.286 e. The van der Waals surface area contributed by atoms with Gasteiger partial charge in [0.15, 0.2) is 0 Å². The third-order valence-electron chi connectivity index (χ3n) is 4.15. The third-order valence-corrected chi connectivity index (χ3v) is 5.29. The van der Waals surface area contributed by atoms with Crippen LogP contribution in [-0.2, 0) is 19.4 Å². The smallest absolute Gasteiger partial charge is 0.286 e. The molecule has 4 rings (SSSR count). The Morgan fingerprint density at radius 3 is 3.04 bits per heavy atom. The number of hydrogen-bond donors (Lipinski definition) is 1. The van der Waals surface area contributed by atoms with Gasteiger partial charge in [0.1, 0.15) is 16.9 Å². The monoisotopic (exact) mass is 344 g/mol. The van der Waals surface area contributed by atoms with Crippen molar-refractivity contribution in [1.29, 1.82) is 0 Å².